The van der Waals surface area contributed by atoms with E-state index in [2.05, 4.69) is 0 Å². The molecular weight excluding hydrogens is 294 g/mol. The van der Waals surface area contributed by atoms with Crippen molar-refractivity contribution < 1.29 is 24.2 Å². The van der Waals surface area contributed by atoms with E-state index in [9.17, 15) is 19.5 Å². The van der Waals surface area contributed by atoms with Crippen LogP contribution in [0.4, 0.5) is 0 Å². The molecule has 2 unspecified atom stereocenters. The van der Waals surface area contributed by atoms with Gasteiger partial charge in [0.05, 0.1) is 6.10 Å². The van der Waals surface area contributed by atoms with E-state index >= 15 is 0 Å². The lowest BCUT2D eigenvalue weighted by atomic mass is 10.1. The molecule has 1 N–H and O–H groups in total. The summed E-state index contributed by atoms with van der Waals surface area (Å²) in [6.07, 6.45) is 0.962. The number of hydrogen-bond acceptors (Lipinski definition) is 5. The van der Waals surface area contributed by atoms with E-state index < -0.39 is 12.0 Å². The molecule has 0 radical (unpaired) electrons. The van der Waals surface area contributed by atoms with Gasteiger partial charge in [0.2, 0.25) is 5.91 Å². The smallest absolute Gasteiger partial charge is 0.326 e. The van der Waals surface area contributed by atoms with Crippen molar-refractivity contribution in [3.05, 3.63) is 0 Å². The van der Waals surface area contributed by atoms with Gasteiger partial charge >= 0.3 is 5.97 Å². The summed E-state index contributed by atoms with van der Waals surface area (Å²) in [6.45, 7) is 6.02. The maximum absolute atomic E-state index is 12.4. The summed E-state index contributed by atoms with van der Waals surface area (Å²) in [5.74, 6) is -1.24. The lowest BCUT2D eigenvalue weighted by Gasteiger charge is -2.24. The van der Waals surface area contributed by atoms with Crippen LogP contribution in [0.3, 0.4) is 0 Å². The molecule has 1 aliphatic rings. The Morgan fingerprint density at radius 2 is 2.10 bits per heavy atom. The Kier molecular flexibility index (Phi) is 7.17. The third-order valence-electron chi connectivity index (χ3n) is 3.35. The van der Waals surface area contributed by atoms with Gasteiger partial charge in [0.25, 0.3) is 0 Å². The highest BCUT2D eigenvalue weighted by molar-refractivity contribution is 8.13. The summed E-state index contributed by atoms with van der Waals surface area (Å²) in [4.78, 5) is 36.0. The van der Waals surface area contributed by atoms with E-state index in [1.807, 2.05) is 6.92 Å². The van der Waals surface area contributed by atoms with Crippen LogP contribution in [0.1, 0.15) is 33.6 Å². The third-order valence-corrected chi connectivity index (χ3v) is 4.42. The Bertz CT molecular complexity index is 401. The number of nitrogens with zero attached hydrogens (tertiary/aromatic N) is 1. The second-order valence-electron chi connectivity index (χ2n) is 5.28. The number of carboxylic acid groups (broad SMARTS) is 1. The molecule has 0 bridgehead atoms. The van der Waals surface area contributed by atoms with Gasteiger partial charge in [-0.05, 0) is 6.42 Å². The fourth-order valence-electron chi connectivity index (χ4n) is 2.28. The van der Waals surface area contributed by atoms with Crippen LogP contribution in [0.5, 0.6) is 0 Å². The Balaban J connectivity index is 2.66. The van der Waals surface area contributed by atoms with Crippen LogP contribution in [0.15, 0.2) is 0 Å². The summed E-state index contributed by atoms with van der Waals surface area (Å²) >= 11 is 1.09. The molecule has 1 heterocycles. The summed E-state index contributed by atoms with van der Waals surface area (Å²) < 4.78 is 5.57. The van der Waals surface area contributed by atoms with Gasteiger partial charge in [0.15, 0.2) is 5.12 Å². The molecule has 6 nitrogen and oxygen atoms in total. The fraction of sp³-hybridized carbons (Fsp3) is 0.786. The predicted molar refractivity (Wildman–Crippen MR) is 80.1 cm³/mol. The number of rotatable bonds is 7. The maximum atomic E-state index is 12.4. The zero-order valence-corrected chi connectivity index (χ0v) is 13.5. The highest BCUT2D eigenvalue weighted by Gasteiger charge is 2.41. The van der Waals surface area contributed by atoms with Crippen LogP contribution < -0.4 is 0 Å². The molecule has 1 fully saturated rings. The standard InChI is InChI=1S/C14H23NO5S/c1-4-5-20-11-6-12(14(18)19)15(7-11)13(17)9(2)8-21-10(3)16/h9,11-12H,4-8H2,1-3H3,(H,18,19)/t9?,11?,12-/m0/s1. The van der Waals surface area contributed by atoms with Crippen molar-refractivity contribution in [3.8, 4) is 0 Å². The summed E-state index contributed by atoms with van der Waals surface area (Å²) in [5.41, 5.74) is 0. The average molecular weight is 317 g/mol. The van der Waals surface area contributed by atoms with E-state index in [1.54, 1.807) is 6.92 Å². The van der Waals surface area contributed by atoms with Crippen molar-refractivity contribution in [1.29, 1.82) is 0 Å². The number of amides is 1. The number of carbonyl (C=O) groups excluding carboxylic acids is 2. The van der Waals surface area contributed by atoms with Gasteiger partial charge in [-0.25, -0.2) is 4.79 Å². The number of likely N-dealkylation sites (tertiary alicyclic amines) is 1. The minimum absolute atomic E-state index is 0.0463. The molecule has 0 saturated carbocycles. The number of hydrogen-bond donors (Lipinski definition) is 1. The van der Waals surface area contributed by atoms with E-state index in [0.717, 1.165) is 18.2 Å². The number of aliphatic carboxylic acids is 1. The van der Waals surface area contributed by atoms with Gasteiger partial charge in [0, 0.05) is 38.2 Å². The van der Waals surface area contributed by atoms with E-state index in [-0.39, 0.29) is 23.0 Å². The number of carbonyl (C=O) groups is 3. The van der Waals surface area contributed by atoms with E-state index in [1.165, 1.54) is 11.8 Å². The highest BCUT2D eigenvalue weighted by atomic mass is 32.2. The monoisotopic (exact) mass is 317 g/mol. The molecule has 0 aromatic carbocycles. The zero-order chi connectivity index (χ0) is 16.0. The molecule has 0 aromatic rings. The molecule has 0 aliphatic carbocycles. The van der Waals surface area contributed by atoms with Crippen LogP contribution in [0, 0.1) is 5.92 Å². The molecule has 1 amide bonds. The van der Waals surface area contributed by atoms with Crippen LogP contribution in [0.2, 0.25) is 0 Å². The van der Waals surface area contributed by atoms with Gasteiger partial charge < -0.3 is 14.7 Å². The van der Waals surface area contributed by atoms with Gasteiger partial charge in [-0.3, -0.25) is 9.59 Å². The molecule has 120 valence electrons. The van der Waals surface area contributed by atoms with Crippen molar-refractivity contribution in [2.75, 3.05) is 18.9 Å². The Morgan fingerprint density at radius 1 is 1.43 bits per heavy atom. The minimum Gasteiger partial charge on any atom is -0.480 e. The molecule has 21 heavy (non-hydrogen) atoms. The average Bonchev–Trinajstić information content (AvgIpc) is 2.85. The molecule has 3 atom stereocenters. The zero-order valence-electron chi connectivity index (χ0n) is 12.7. The largest absolute Gasteiger partial charge is 0.480 e. The van der Waals surface area contributed by atoms with Crippen molar-refractivity contribution >= 4 is 28.8 Å². The predicted octanol–water partition coefficient (Wildman–Crippen LogP) is 1.38. The van der Waals surface area contributed by atoms with Crippen molar-refractivity contribution in [1.82, 2.24) is 4.90 Å². The normalized spacial score (nSPS) is 23.1. The van der Waals surface area contributed by atoms with Crippen LogP contribution in [0.25, 0.3) is 0 Å². The molecule has 1 rings (SSSR count). The summed E-state index contributed by atoms with van der Waals surface area (Å²) in [7, 11) is 0. The maximum Gasteiger partial charge on any atom is 0.326 e. The first-order chi connectivity index (χ1) is 9.86. The summed E-state index contributed by atoms with van der Waals surface area (Å²) in [6, 6.07) is -0.830. The van der Waals surface area contributed by atoms with Crippen molar-refractivity contribution in [2.45, 2.75) is 45.8 Å². The molecule has 0 spiro atoms. The molecular formula is C14H23NO5S. The van der Waals surface area contributed by atoms with Crippen LogP contribution in [-0.2, 0) is 19.1 Å². The number of thioether (sulfide) groups is 1. The first kappa shape index (κ1) is 18.0. The number of ether oxygens (including phenoxy) is 1. The quantitative estimate of drug-likeness (QED) is 0.764. The molecule has 7 heteroatoms. The topological polar surface area (TPSA) is 83.9 Å². The van der Waals surface area contributed by atoms with Crippen molar-refractivity contribution in [3.63, 3.8) is 0 Å². The first-order valence-electron chi connectivity index (χ1n) is 7.15. The van der Waals surface area contributed by atoms with E-state index in [4.69, 9.17) is 4.74 Å². The lowest BCUT2D eigenvalue weighted by Crippen LogP contribution is -2.43. The van der Waals surface area contributed by atoms with Gasteiger partial charge in [-0.2, -0.15) is 0 Å². The number of carboxylic acids is 1. The minimum atomic E-state index is -1.00. The van der Waals surface area contributed by atoms with Crippen LogP contribution >= 0.6 is 11.8 Å². The Hall–Kier alpha value is -1.08. The Morgan fingerprint density at radius 3 is 2.62 bits per heavy atom. The Labute approximate surface area is 129 Å². The van der Waals surface area contributed by atoms with Gasteiger partial charge in [0.1, 0.15) is 6.04 Å². The lowest BCUT2D eigenvalue weighted by molar-refractivity contribution is -0.149. The van der Waals surface area contributed by atoms with E-state index in [0.29, 0.717) is 25.3 Å². The molecule has 1 aliphatic heterocycles. The molecule has 0 aromatic heterocycles. The first-order valence-corrected chi connectivity index (χ1v) is 8.13. The fourth-order valence-corrected chi connectivity index (χ4v) is 2.90. The second-order valence-corrected chi connectivity index (χ2v) is 6.47. The molecule has 1 saturated heterocycles. The van der Waals surface area contributed by atoms with Crippen LogP contribution in [-0.4, -0.2) is 58.0 Å². The third kappa shape index (κ3) is 5.32. The van der Waals surface area contributed by atoms with Crippen molar-refractivity contribution in [2.24, 2.45) is 5.92 Å². The second kappa shape index (κ2) is 8.38. The summed E-state index contributed by atoms with van der Waals surface area (Å²) in [5, 5.41) is 9.22. The van der Waals surface area contributed by atoms with Gasteiger partial charge in [-0.1, -0.05) is 25.6 Å². The highest BCUT2D eigenvalue weighted by Crippen LogP contribution is 2.24. The SMILES string of the molecule is CCCOC1C[C@@H](C(=O)O)N(C(=O)C(C)CSC(C)=O)C1. The van der Waals surface area contributed by atoms with Gasteiger partial charge in [-0.15, -0.1) is 0 Å².